The van der Waals surface area contributed by atoms with E-state index in [1.807, 2.05) is 0 Å². The first-order valence-corrected chi connectivity index (χ1v) is 8.03. The molecule has 0 aliphatic carbocycles. The van der Waals surface area contributed by atoms with Crippen LogP contribution in [0.1, 0.15) is 11.1 Å². The number of carbonyl (C=O) groups is 1. The molecule has 1 aromatic heterocycles. The largest absolute Gasteiger partial charge is 0.458 e. The number of carbonyl (C=O) groups excluding carboxylic acids is 1. The Labute approximate surface area is 153 Å². The standard InChI is InChI=1S/C20H15F3N2O2/c21-20(22,23)18(16-5-2-1-3-6-16)13-19(26)27-14-15-7-9-17(10-8-15)25-12-4-11-24-25/h1-13H,14H2/b18-13-. The molecule has 0 N–H and O–H groups in total. The summed E-state index contributed by atoms with van der Waals surface area (Å²) in [6.07, 6.45) is -0.756. The van der Waals surface area contributed by atoms with Gasteiger partial charge in [-0.3, -0.25) is 0 Å². The average molecular weight is 372 g/mol. The van der Waals surface area contributed by atoms with Gasteiger partial charge in [-0.05, 0) is 29.3 Å². The topological polar surface area (TPSA) is 44.1 Å². The number of esters is 1. The predicted octanol–water partition coefficient (Wildman–Crippen LogP) is 4.56. The fraction of sp³-hybridized carbons (Fsp3) is 0.100. The summed E-state index contributed by atoms with van der Waals surface area (Å²) in [6.45, 7) is -0.130. The van der Waals surface area contributed by atoms with E-state index in [1.54, 1.807) is 53.5 Å². The maximum atomic E-state index is 13.2. The molecule has 0 saturated carbocycles. The second kappa shape index (κ2) is 7.90. The molecule has 0 spiro atoms. The molecular formula is C20H15F3N2O2. The summed E-state index contributed by atoms with van der Waals surface area (Å²) in [6, 6.07) is 15.9. The third-order valence-electron chi connectivity index (χ3n) is 3.74. The molecule has 7 heteroatoms. The Hall–Kier alpha value is -3.35. The van der Waals surface area contributed by atoms with Crippen LogP contribution in [0, 0.1) is 0 Å². The highest BCUT2D eigenvalue weighted by atomic mass is 19.4. The highest BCUT2D eigenvalue weighted by Crippen LogP contribution is 2.33. The molecule has 0 aliphatic heterocycles. The van der Waals surface area contributed by atoms with Crippen LogP contribution in [0.2, 0.25) is 0 Å². The summed E-state index contributed by atoms with van der Waals surface area (Å²) in [4.78, 5) is 11.9. The van der Waals surface area contributed by atoms with Crippen molar-refractivity contribution in [3.63, 3.8) is 0 Å². The van der Waals surface area contributed by atoms with Crippen molar-refractivity contribution in [1.29, 1.82) is 0 Å². The van der Waals surface area contributed by atoms with E-state index < -0.39 is 17.7 Å². The lowest BCUT2D eigenvalue weighted by atomic mass is 10.1. The minimum atomic E-state index is -4.66. The summed E-state index contributed by atoms with van der Waals surface area (Å²) in [7, 11) is 0. The first-order chi connectivity index (χ1) is 12.9. The van der Waals surface area contributed by atoms with Crippen LogP contribution in [0.5, 0.6) is 0 Å². The third kappa shape index (κ3) is 4.84. The Morgan fingerprint density at radius 1 is 1.04 bits per heavy atom. The van der Waals surface area contributed by atoms with Crippen molar-refractivity contribution in [3.05, 3.63) is 90.3 Å². The summed E-state index contributed by atoms with van der Waals surface area (Å²) >= 11 is 0. The van der Waals surface area contributed by atoms with Crippen molar-refractivity contribution in [2.75, 3.05) is 0 Å². The van der Waals surface area contributed by atoms with Crippen molar-refractivity contribution < 1.29 is 22.7 Å². The molecule has 1 heterocycles. The van der Waals surface area contributed by atoms with Gasteiger partial charge < -0.3 is 4.74 Å². The molecule has 0 amide bonds. The van der Waals surface area contributed by atoms with Gasteiger partial charge in [0.25, 0.3) is 0 Å². The molecule has 138 valence electrons. The lowest BCUT2D eigenvalue weighted by molar-refractivity contribution is -0.139. The van der Waals surface area contributed by atoms with Crippen LogP contribution in [0.3, 0.4) is 0 Å². The van der Waals surface area contributed by atoms with E-state index in [1.165, 1.54) is 24.3 Å². The van der Waals surface area contributed by atoms with Gasteiger partial charge >= 0.3 is 12.1 Å². The van der Waals surface area contributed by atoms with Crippen LogP contribution in [-0.4, -0.2) is 21.9 Å². The molecule has 0 unspecified atom stereocenters. The SMILES string of the molecule is O=C(/C=C(/c1ccccc1)C(F)(F)F)OCc1ccc(-n2cccn2)cc1. The van der Waals surface area contributed by atoms with E-state index in [4.69, 9.17) is 4.74 Å². The van der Waals surface area contributed by atoms with E-state index in [0.29, 0.717) is 11.6 Å². The molecule has 27 heavy (non-hydrogen) atoms. The van der Waals surface area contributed by atoms with Gasteiger partial charge in [0.2, 0.25) is 0 Å². The number of nitrogens with zero attached hydrogens (tertiary/aromatic N) is 2. The van der Waals surface area contributed by atoms with E-state index >= 15 is 0 Å². The number of ether oxygens (including phenoxy) is 1. The quantitative estimate of drug-likeness (QED) is 0.487. The van der Waals surface area contributed by atoms with Gasteiger partial charge in [-0.2, -0.15) is 18.3 Å². The van der Waals surface area contributed by atoms with Crippen LogP contribution in [-0.2, 0) is 16.1 Å². The molecule has 3 rings (SSSR count). The van der Waals surface area contributed by atoms with E-state index in [0.717, 1.165) is 5.69 Å². The molecule has 2 aromatic carbocycles. The van der Waals surface area contributed by atoms with Gasteiger partial charge in [0.05, 0.1) is 11.3 Å². The molecule has 0 atom stereocenters. The number of benzene rings is 2. The van der Waals surface area contributed by atoms with Crippen molar-refractivity contribution in [3.8, 4) is 5.69 Å². The molecule has 0 bridgehead atoms. The first-order valence-electron chi connectivity index (χ1n) is 8.03. The lowest BCUT2D eigenvalue weighted by Gasteiger charge is -2.12. The highest BCUT2D eigenvalue weighted by Gasteiger charge is 2.35. The molecule has 0 fully saturated rings. The van der Waals surface area contributed by atoms with Gasteiger partial charge in [-0.1, -0.05) is 42.5 Å². The van der Waals surface area contributed by atoms with Crippen molar-refractivity contribution in [1.82, 2.24) is 9.78 Å². The summed E-state index contributed by atoms with van der Waals surface area (Å²) in [5.41, 5.74) is 0.340. The van der Waals surface area contributed by atoms with Crippen molar-refractivity contribution >= 4 is 11.5 Å². The monoisotopic (exact) mass is 372 g/mol. The number of halogens is 3. The smallest absolute Gasteiger partial charge is 0.417 e. The summed E-state index contributed by atoms with van der Waals surface area (Å²) < 4.78 is 46.3. The maximum absolute atomic E-state index is 13.2. The molecule has 0 radical (unpaired) electrons. The number of alkyl halides is 3. The zero-order valence-corrected chi connectivity index (χ0v) is 14.1. The van der Waals surface area contributed by atoms with Gasteiger partial charge in [-0.15, -0.1) is 0 Å². The summed E-state index contributed by atoms with van der Waals surface area (Å²) in [5, 5.41) is 4.09. The number of aromatic nitrogens is 2. The minimum Gasteiger partial charge on any atom is -0.458 e. The van der Waals surface area contributed by atoms with E-state index in [9.17, 15) is 18.0 Å². The van der Waals surface area contributed by atoms with Crippen molar-refractivity contribution in [2.24, 2.45) is 0 Å². The van der Waals surface area contributed by atoms with Gasteiger partial charge in [-0.25, -0.2) is 9.48 Å². The number of hydrogen-bond donors (Lipinski definition) is 0. The predicted molar refractivity (Wildman–Crippen MR) is 93.8 cm³/mol. The second-order valence-corrected chi connectivity index (χ2v) is 5.65. The Bertz CT molecular complexity index is 916. The fourth-order valence-electron chi connectivity index (χ4n) is 2.43. The van der Waals surface area contributed by atoms with E-state index in [-0.39, 0.29) is 12.2 Å². The molecule has 0 aliphatic rings. The number of allylic oxidation sites excluding steroid dienone is 1. The molecule has 0 saturated heterocycles. The van der Waals surface area contributed by atoms with Crippen LogP contribution < -0.4 is 0 Å². The van der Waals surface area contributed by atoms with Gasteiger partial charge in [0.1, 0.15) is 6.61 Å². The zero-order valence-electron chi connectivity index (χ0n) is 14.1. The molecule has 4 nitrogen and oxygen atoms in total. The van der Waals surface area contributed by atoms with Crippen molar-refractivity contribution in [2.45, 2.75) is 12.8 Å². The average Bonchev–Trinajstić information content (AvgIpc) is 3.19. The molecule has 3 aromatic rings. The second-order valence-electron chi connectivity index (χ2n) is 5.65. The first kappa shape index (κ1) is 18.4. The van der Waals surface area contributed by atoms with Gasteiger partial charge in [0, 0.05) is 18.5 Å². The van der Waals surface area contributed by atoms with Crippen LogP contribution in [0.15, 0.2) is 79.1 Å². The van der Waals surface area contributed by atoms with E-state index in [2.05, 4.69) is 5.10 Å². The van der Waals surface area contributed by atoms with Crippen LogP contribution in [0.4, 0.5) is 13.2 Å². The summed E-state index contributed by atoms with van der Waals surface area (Å²) in [5.74, 6) is -1.05. The zero-order chi connectivity index (χ0) is 19.3. The number of rotatable bonds is 5. The Balaban J connectivity index is 1.68. The van der Waals surface area contributed by atoms with Crippen LogP contribution in [0.25, 0.3) is 11.3 Å². The fourth-order valence-corrected chi connectivity index (χ4v) is 2.43. The third-order valence-corrected chi connectivity index (χ3v) is 3.74. The Kier molecular flexibility index (Phi) is 5.40. The highest BCUT2D eigenvalue weighted by molar-refractivity contribution is 5.92. The van der Waals surface area contributed by atoms with Gasteiger partial charge in [0.15, 0.2) is 0 Å². The normalized spacial score (nSPS) is 12.0. The number of hydrogen-bond acceptors (Lipinski definition) is 3. The maximum Gasteiger partial charge on any atom is 0.417 e. The lowest BCUT2D eigenvalue weighted by Crippen LogP contribution is -2.13. The Morgan fingerprint density at radius 3 is 2.33 bits per heavy atom. The minimum absolute atomic E-state index is 0.0921. The Morgan fingerprint density at radius 2 is 1.74 bits per heavy atom. The van der Waals surface area contributed by atoms with Crippen LogP contribution >= 0.6 is 0 Å². The molecular weight excluding hydrogens is 357 g/mol.